The summed E-state index contributed by atoms with van der Waals surface area (Å²) in [6.45, 7) is 7.92. The van der Waals surface area contributed by atoms with Crippen LogP contribution in [-0.4, -0.2) is 49.0 Å². The second kappa shape index (κ2) is 10.3. The lowest BCUT2D eigenvalue weighted by atomic mass is 9.77. The highest BCUT2D eigenvalue weighted by atomic mass is 16.7. The first-order chi connectivity index (χ1) is 16.0. The van der Waals surface area contributed by atoms with Crippen molar-refractivity contribution in [3.63, 3.8) is 0 Å². The zero-order valence-electron chi connectivity index (χ0n) is 20.1. The lowest BCUT2D eigenvalue weighted by Gasteiger charge is -2.32. The Morgan fingerprint density at radius 1 is 1.15 bits per heavy atom. The molecule has 3 rings (SSSR count). The van der Waals surface area contributed by atoms with Gasteiger partial charge in [-0.15, -0.1) is 0 Å². The fourth-order valence-electron chi connectivity index (χ4n) is 3.18. The molecular formula is C24H30BN3O6. The van der Waals surface area contributed by atoms with Crippen molar-refractivity contribution in [2.24, 2.45) is 0 Å². The number of methoxy groups -OCH3 is 1. The van der Waals surface area contributed by atoms with Gasteiger partial charge in [0.25, 0.3) is 0 Å². The number of benzene rings is 1. The molecule has 0 spiro atoms. The molecule has 1 fully saturated rings. The smallest absolute Gasteiger partial charge is 0.465 e. The predicted octanol–water partition coefficient (Wildman–Crippen LogP) is 3.39. The summed E-state index contributed by atoms with van der Waals surface area (Å²) in [5.41, 5.74) is 7.02. The molecule has 0 aliphatic carbocycles. The van der Waals surface area contributed by atoms with Crippen LogP contribution in [0.4, 0.5) is 10.6 Å². The van der Waals surface area contributed by atoms with Gasteiger partial charge in [-0.3, -0.25) is 0 Å². The highest BCUT2D eigenvalue weighted by Gasteiger charge is 2.52. The van der Waals surface area contributed by atoms with Crippen molar-refractivity contribution in [2.75, 3.05) is 19.4 Å². The van der Waals surface area contributed by atoms with Gasteiger partial charge in [-0.1, -0.05) is 36.4 Å². The minimum Gasteiger partial charge on any atom is -0.465 e. The van der Waals surface area contributed by atoms with E-state index in [2.05, 4.69) is 10.3 Å². The fourth-order valence-corrected chi connectivity index (χ4v) is 3.18. The molecular weight excluding hydrogens is 437 g/mol. The van der Waals surface area contributed by atoms with Crippen LogP contribution in [0, 0.1) is 0 Å². The van der Waals surface area contributed by atoms with E-state index >= 15 is 0 Å². The first kappa shape index (κ1) is 25.3. The van der Waals surface area contributed by atoms with Gasteiger partial charge in [0.2, 0.25) is 0 Å². The third-order valence-corrected chi connectivity index (χ3v) is 5.92. The Labute approximate surface area is 199 Å². The molecule has 10 heteroatoms. The van der Waals surface area contributed by atoms with E-state index in [1.165, 1.54) is 13.3 Å². The Morgan fingerprint density at radius 2 is 1.79 bits per heavy atom. The van der Waals surface area contributed by atoms with Gasteiger partial charge in [0.1, 0.15) is 12.4 Å². The van der Waals surface area contributed by atoms with Crippen molar-refractivity contribution >= 4 is 31.1 Å². The number of carbonyl (C=O) groups is 2. The van der Waals surface area contributed by atoms with Gasteiger partial charge >= 0.3 is 19.2 Å². The van der Waals surface area contributed by atoms with Crippen molar-refractivity contribution in [2.45, 2.75) is 45.5 Å². The largest absolute Gasteiger partial charge is 0.492 e. The number of aromatic nitrogens is 1. The van der Waals surface area contributed by atoms with Crippen LogP contribution in [0.1, 0.15) is 49.2 Å². The number of hydrogen-bond acceptors (Lipinski definition) is 8. The van der Waals surface area contributed by atoms with E-state index in [4.69, 9.17) is 24.5 Å². The van der Waals surface area contributed by atoms with E-state index in [9.17, 15) is 9.59 Å². The monoisotopic (exact) mass is 467 g/mol. The number of carbonyl (C=O) groups excluding carboxylic acids is 2. The molecule has 9 nitrogen and oxygen atoms in total. The average Bonchev–Trinajstić information content (AvgIpc) is 3.03. The molecule has 1 aliphatic heterocycles. The van der Waals surface area contributed by atoms with Crippen LogP contribution in [0.15, 0.2) is 48.1 Å². The second-order valence-corrected chi connectivity index (χ2v) is 8.91. The molecule has 180 valence electrons. The zero-order chi connectivity index (χ0) is 24.9. The molecule has 1 aromatic carbocycles. The van der Waals surface area contributed by atoms with Crippen molar-refractivity contribution in [1.29, 1.82) is 0 Å². The third-order valence-electron chi connectivity index (χ3n) is 5.92. The summed E-state index contributed by atoms with van der Waals surface area (Å²) in [5.74, 6) is -0.338. The van der Waals surface area contributed by atoms with Crippen LogP contribution in [0.25, 0.3) is 6.08 Å². The molecule has 1 aliphatic rings. The van der Waals surface area contributed by atoms with Gasteiger partial charge in [0, 0.05) is 18.3 Å². The molecule has 3 N–H and O–H groups in total. The number of amides is 1. The van der Waals surface area contributed by atoms with Crippen LogP contribution in [0.5, 0.6) is 0 Å². The highest BCUT2D eigenvalue weighted by molar-refractivity contribution is 6.56. The maximum atomic E-state index is 12.4. The van der Waals surface area contributed by atoms with Crippen LogP contribution in [-0.2, 0) is 25.4 Å². The number of ether oxygens (including phenoxy) is 2. The average molecular weight is 467 g/mol. The Balaban J connectivity index is 1.82. The number of hydrogen-bond donors (Lipinski definition) is 2. The number of nitrogen functional groups attached to an aromatic ring is 1. The molecule has 1 amide bonds. The summed E-state index contributed by atoms with van der Waals surface area (Å²) in [4.78, 5) is 28.4. The number of rotatable bonds is 7. The Kier molecular flexibility index (Phi) is 7.63. The van der Waals surface area contributed by atoms with Crippen LogP contribution in [0.3, 0.4) is 0 Å². The van der Waals surface area contributed by atoms with Gasteiger partial charge < -0.3 is 29.8 Å². The molecule has 2 heterocycles. The second-order valence-electron chi connectivity index (χ2n) is 8.91. The Hall–Kier alpha value is -3.37. The van der Waals surface area contributed by atoms with E-state index in [1.54, 1.807) is 12.1 Å². The summed E-state index contributed by atoms with van der Waals surface area (Å²) in [5, 5.41) is 2.73. The van der Waals surface area contributed by atoms with Crippen molar-refractivity contribution in [3.8, 4) is 0 Å². The molecule has 1 saturated heterocycles. The van der Waals surface area contributed by atoms with Crippen LogP contribution < -0.4 is 11.1 Å². The summed E-state index contributed by atoms with van der Waals surface area (Å²) < 4.78 is 22.4. The number of nitrogens with zero attached hydrogens (tertiary/aromatic N) is 1. The molecule has 0 atom stereocenters. The van der Waals surface area contributed by atoms with E-state index in [0.717, 1.165) is 5.56 Å². The Morgan fingerprint density at radius 3 is 2.41 bits per heavy atom. The van der Waals surface area contributed by atoms with E-state index in [1.807, 2.05) is 58.0 Å². The minimum absolute atomic E-state index is 0.0618. The van der Waals surface area contributed by atoms with Gasteiger partial charge in [-0.25, -0.2) is 14.6 Å². The summed E-state index contributed by atoms with van der Waals surface area (Å²) in [7, 11) is 0.523. The van der Waals surface area contributed by atoms with Gasteiger partial charge in [0.05, 0.1) is 23.9 Å². The van der Waals surface area contributed by atoms with Gasteiger partial charge in [0.15, 0.2) is 0 Å². The predicted molar refractivity (Wildman–Crippen MR) is 129 cm³/mol. The molecule has 34 heavy (non-hydrogen) atoms. The summed E-state index contributed by atoms with van der Waals surface area (Å²) >= 11 is 0. The first-order valence-corrected chi connectivity index (χ1v) is 10.9. The molecule has 0 saturated carbocycles. The molecule has 0 bridgehead atoms. The quantitative estimate of drug-likeness (QED) is 0.470. The lowest BCUT2D eigenvalue weighted by Crippen LogP contribution is -2.41. The number of nitrogens with one attached hydrogen (secondary N) is 1. The van der Waals surface area contributed by atoms with Crippen LogP contribution >= 0.6 is 0 Å². The molecule has 2 aromatic rings. The Bertz CT molecular complexity index is 1060. The number of pyridine rings is 1. The van der Waals surface area contributed by atoms with Crippen LogP contribution in [0.2, 0.25) is 0 Å². The van der Waals surface area contributed by atoms with Crippen molar-refractivity contribution in [1.82, 2.24) is 10.3 Å². The summed E-state index contributed by atoms with van der Waals surface area (Å²) in [6.07, 6.45) is 2.43. The highest BCUT2D eigenvalue weighted by Crippen LogP contribution is 2.39. The molecule has 1 aromatic heterocycles. The first-order valence-electron chi connectivity index (χ1n) is 10.9. The third kappa shape index (κ3) is 5.95. The van der Waals surface area contributed by atoms with Gasteiger partial charge in [-0.05, 0) is 44.8 Å². The lowest BCUT2D eigenvalue weighted by molar-refractivity contribution is 0.00578. The summed E-state index contributed by atoms with van der Waals surface area (Å²) in [6, 6.07) is 10.9. The van der Waals surface area contributed by atoms with Crippen molar-refractivity contribution < 1.29 is 28.4 Å². The number of esters is 1. The topological polar surface area (TPSA) is 122 Å². The fraction of sp³-hybridized carbons (Fsp3) is 0.375. The van der Waals surface area contributed by atoms with E-state index < -0.39 is 30.4 Å². The zero-order valence-corrected chi connectivity index (χ0v) is 20.1. The van der Waals surface area contributed by atoms with E-state index in [-0.39, 0.29) is 24.5 Å². The minimum atomic E-state index is -0.763. The molecule has 0 radical (unpaired) electrons. The molecule has 0 unspecified atom stereocenters. The standard InChI is InChI=1S/C24H30BN3O6/c1-23(2)24(3,4)34-25(33-23)19(12-17-11-18(21(29)31-5)13-27-20(17)26)14-28-22(30)32-15-16-9-7-6-8-10-16/h6-13H,14-15H2,1-5H3,(H2,26,27)(H,28,30). The SMILES string of the molecule is COC(=O)c1cnc(N)c(C=C(CNC(=O)OCc2ccccc2)B2OC(C)(C)C(C)(C)O2)c1. The van der Waals surface area contributed by atoms with Gasteiger partial charge in [-0.2, -0.15) is 0 Å². The normalized spacial score (nSPS) is 16.7. The van der Waals surface area contributed by atoms with Crippen molar-refractivity contribution in [3.05, 3.63) is 64.8 Å². The number of nitrogens with two attached hydrogens (primary N) is 1. The number of alkyl carbamates (subject to hydrolysis) is 1. The maximum Gasteiger partial charge on any atom is 0.492 e. The number of anilines is 1. The maximum absolute atomic E-state index is 12.4. The van der Waals surface area contributed by atoms with E-state index in [0.29, 0.717) is 11.0 Å².